The highest BCUT2D eigenvalue weighted by molar-refractivity contribution is 8.00. The van der Waals surface area contributed by atoms with E-state index >= 15 is 0 Å². The zero-order valence-corrected chi connectivity index (χ0v) is 10.8. The summed E-state index contributed by atoms with van der Waals surface area (Å²) in [6.07, 6.45) is -0.369. The van der Waals surface area contributed by atoms with Crippen LogP contribution in [0.2, 0.25) is 0 Å². The van der Waals surface area contributed by atoms with Crippen molar-refractivity contribution in [1.82, 2.24) is 0 Å². The highest BCUT2D eigenvalue weighted by Gasteiger charge is 2.30. The van der Waals surface area contributed by atoms with Gasteiger partial charge in [0.05, 0.1) is 10.8 Å². The molecule has 4 nitrogen and oxygen atoms in total. The second-order valence-corrected chi connectivity index (χ2v) is 4.85. The number of ketones is 1. The second-order valence-electron chi connectivity index (χ2n) is 3.44. The fourth-order valence-corrected chi connectivity index (χ4v) is 2.04. The number of hydrogen-bond acceptors (Lipinski definition) is 4. The molecule has 0 aliphatic heterocycles. The van der Waals surface area contributed by atoms with Crippen LogP contribution >= 0.6 is 23.4 Å². The Morgan fingerprint density at radius 1 is 1.42 bits per heavy atom. The third-order valence-electron chi connectivity index (χ3n) is 2.02. The Balaban J connectivity index is 3.11. The number of alkyl halides is 4. The summed E-state index contributed by atoms with van der Waals surface area (Å²) >= 11 is 4.88. The number of carbonyl (C=O) groups is 1. The molecule has 0 atom stereocenters. The molecule has 0 fully saturated rings. The van der Waals surface area contributed by atoms with Crippen LogP contribution in [0.25, 0.3) is 0 Å². The van der Waals surface area contributed by atoms with Crippen LogP contribution in [-0.2, 0) is 11.2 Å². The van der Waals surface area contributed by atoms with Crippen molar-refractivity contribution >= 4 is 34.8 Å². The third-order valence-corrected chi connectivity index (χ3v) is 3.04. The lowest BCUT2D eigenvalue weighted by atomic mass is 10.1. The number of Topliss-reactive ketones (excluding diaryl/α,β-unsaturated/α-hetero) is 1. The summed E-state index contributed by atoms with van der Waals surface area (Å²) in [4.78, 5) is 20.9. The van der Waals surface area contributed by atoms with Crippen molar-refractivity contribution in [1.29, 1.82) is 0 Å². The molecule has 1 aromatic carbocycles. The maximum Gasteiger partial charge on any atom is 0.446 e. The van der Waals surface area contributed by atoms with E-state index in [9.17, 15) is 28.1 Å². The Kier molecular flexibility index (Phi) is 5.19. The molecule has 0 unspecified atom stereocenters. The normalized spacial score (nSPS) is 11.4. The first-order valence-electron chi connectivity index (χ1n) is 4.83. The summed E-state index contributed by atoms with van der Waals surface area (Å²) in [5.74, 6) is -0.854. The molecule has 9 heteroatoms. The van der Waals surface area contributed by atoms with E-state index < -0.39 is 33.7 Å². The second kappa shape index (κ2) is 6.25. The Morgan fingerprint density at radius 3 is 2.53 bits per heavy atom. The fourth-order valence-electron chi connectivity index (χ4n) is 1.34. The van der Waals surface area contributed by atoms with Gasteiger partial charge in [-0.25, -0.2) is 0 Å². The van der Waals surface area contributed by atoms with Crippen molar-refractivity contribution in [3.05, 3.63) is 33.9 Å². The van der Waals surface area contributed by atoms with Gasteiger partial charge >= 0.3 is 5.51 Å². The van der Waals surface area contributed by atoms with Crippen LogP contribution in [0.3, 0.4) is 0 Å². The highest BCUT2D eigenvalue weighted by atomic mass is 35.5. The molecule has 0 aliphatic carbocycles. The summed E-state index contributed by atoms with van der Waals surface area (Å²) in [6.45, 7) is 0. The van der Waals surface area contributed by atoms with Gasteiger partial charge in [0.2, 0.25) is 0 Å². The maximum absolute atomic E-state index is 12.2. The van der Waals surface area contributed by atoms with Gasteiger partial charge in [0.15, 0.2) is 5.78 Å². The summed E-state index contributed by atoms with van der Waals surface area (Å²) in [5.41, 5.74) is -4.97. The van der Waals surface area contributed by atoms with Crippen LogP contribution < -0.4 is 0 Å². The zero-order valence-electron chi connectivity index (χ0n) is 9.24. The molecular formula is C10H7ClF3NO3S. The molecule has 0 amide bonds. The van der Waals surface area contributed by atoms with E-state index in [4.69, 9.17) is 11.6 Å². The van der Waals surface area contributed by atoms with Gasteiger partial charge in [0.25, 0.3) is 5.69 Å². The van der Waals surface area contributed by atoms with Gasteiger partial charge in [-0.2, -0.15) is 13.2 Å². The summed E-state index contributed by atoms with van der Waals surface area (Å²) in [7, 11) is 0. The van der Waals surface area contributed by atoms with E-state index in [2.05, 4.69) is 0 Å². The molecule has 104 valence electrons. The van der Waals surface area contributed by atoms with E-state index in [1.807, 2.05) is 0 Å². The molecule has 0 saturated heterocycles. The molecular weight excluding hydrogens is 307 g/mol. The average Bonchev–Trinajstić information content (AvgIpc) is 2.26. The molecule has 1 aromatic rings. The van der Waals surface area contributed by atoms with Gasteiger partial charge < -0.3 is 0 Å². The molecule has 0 N–H and O–H groups in total. The van der Waals surface area contributed by atoms with Crippen LogP contribution in [0.4, 0.5) is 18.9 Å². The van der Waals surface area contributed by atoms with Gasteiger partial charge in [-0.3, -0.25) is 14.9 Å². The van der Waals surface area contributed by atoms with Gasteiger partial charge in [0, 0.05) is 22.9 Å². The molecule has 0 bridgehead atoms. The number of nitrogens with zero attached hydrogens (tertiary/aromatic N) is 1. The molecule has 0 spiro atoms. The number of carbonyl (C=O) groups excluding carboxylic acids is 1. The monoisotopic (exact) mass is 313 g/mol. The van der Waals surface area contributed by atoms with E-state index in [-0.39, 0.29) is 22.8 Å². The van der Waals surface area contributed by atoms with Crippen molar-refractivity contribution in [2.75, 3.05) is 5.88 Å². The smallest absolute Gasteiger partial charge is 0.298 e. The lowest BCUT2D eigenvalue weighted by molar-refractivity contribution is -0.385. The SMILES string of the molecule is O=C(CCl)Cc1cc(SC(F)(F)F)ccc1[N+](=O)[O-]. The van der Waals surface area contributed by atoms with Crippen LogP contribution in [0.15, 0.2) is 23.1 Å². The predicted octanol–water partition coefficient (Wildman–Crippen LogP) is 3.56. The number of thioether (sulfide) groups is 1. The lowest BCUT2D eigenvalue weighted by Gasteiger charge is -2.07. The van der Waals surface area contributed by atoms with Crippen molar-refractivity contribution in [3.63, 3.8) is 0 Å². The summed E-state index contributed by atoms with van der Waals surface area (Å²) in [5, 5.41) is 10.7. The molecule has 0 saturated carbocycles. The third kappa shape index (κ3) is 5.07. The Labute approximate surface area is 115 Å². The average molecular weight is 314 g/mol. The van der Waals surface area contributed by atoms with Crippen LogP contribution in [0.1, 0.15) is 5.56 Å². The molecule has 0 aliphatic rings. The van der Waals surface area contributed by atoms with Crippen molar-refractivity contribution in [2.24, 2.45) is 0 Å². The van der Waals surface area contributed by atoms with Gasteiger partial charge in [-0.1, -0.05) is 0 Å². The number of hydrogen-bond donors (Lipinski definition) is 0. The van der Waals surface area contributed by atoms with E-state index in [1.165, 1.54) is 0 Å². The standard InChI is InChI=1S/C10H7ClF3NO3S/c11-5-7(16)3-6-4-8(19-10(12,13)14)1-2-9(6)15(17)18/h1-2,4H,3,5H2. The van der Waals surface area contributed by atoms with E-state index in [0.29, 0.717) is 0 Å². The maximum atomic E-state index is 12.2. The first kappa shape index (κ1) is 15.8. The minimum absolute atomic E-state index is 0.0788. The zero-order chi connectivity index (χ0) is 14.6. The van der Waals surface area contributed by atoms with Gasteiger partial charge in [-0.05, 0) is 23.9 Å². The molecule has 19 heavy (non-hydrogen) atoms. The highest BCUT2D eigenvalue weighted by Crippen LogP contribution is 2.38. The molecule has 0 radical (unpaired) electrons. The first-order chi connectivity index (χ1) is 8.73. The quantitative estimate of drug-likeness (QED) is 0.361. The minimum atomic E-state index is -4.50. The number of halogens is 4. The van der Waals surface area contributed by atoms with Gasteiger partial charge in [0.1, 0.15) is 0 Å². The van der Waals surface area contributed by atoms with E-state index in [0.717, 1.165) is 18.2 Å². The Morgan fingerprint density at radius 2 is 2.05 bits per heavy atom. The number of nitro groups is 1. The number of rotatable bonds is 5. The lowest BCUT2D eigenvalue weighted by Crippen LogP contribution is -2.07. The molecule has 0 aromatic heterocycles. The topological polar surface area (TPSA) is 60.2 Å². The van der Waals surface area contributed by atoms with Crippen LogP contribution in [0, 0.1) is 10.1 Å². The van der Waals surface area contributed by atoms with Crippen molar-refractivity contribution < 1.29 is 22.9 Å². The number of benzene rings is 1. The number of nitro benzene ring substituents is 1. The fraction of sp³-hybridized carbons (Fsp3) is 0.300. The Hall–Kier alpha value is -1.28. The minimum Gasteiger partial charge on any atom is -0.298 e. The van der Waals surface area contributed by atoms with E-state index in [1.54, 1.807) is 0 Å². The summed E-state index contributed by atoms with van der Waals surface area (Å²) in [6, 6.07) is 2.93. The van der Waals surface area contributed by atoms with Gasteiger partial charge in [-0.15, -0.1) is 11.6 Å². The van der Waals surface area contributed by atoms with Crippen molar-refractivity contribution in [2.45, 2.75) is 16.8 Å². The molecule has 0 heterocycles. The Bertz CT molecular complexity index is 507. The molecule has 1 rings (SSSR count). The van der Waals surface area contributed by atoms with Crippen molar-refractivity contribution in [3.8, 4) is 0 Å². The summed E-state index contributed by atoms with van der Waals surface area (Å²) < 4.78 is 36.6. The van der Waals surface area contributed by atoms with Crippen LogP contribution in [0.5, 0.6) is 0 Å². The largest absolute Gasteiger partial charge is 0.446 e. The first-order valence-corrected chi connectivity index (χ1v) is 6.19. The predicted molar refractivity (Wildman–Crippen MR) is 64.4 cm³/mol. The van der Waals surface area contributed by atoms with Crippen LogP contribution in [-0.4, -0.2) is 22.1 Å².